The minimum Gasteiger partial charge on any atom is -0.344 e. The lowest BCUT2D eigenvalue weighted by atomic mass is 9.97. The summed E-state index contributed by atoms with van der Waals surface area (Å²) in [5.41, 5.74) is 0.880. The average Bonchev–Trinajstić information content (AvgIpc) is 3.15. The van der Waals surface area contributed by atoms with Crippen molar-refractivity contribution in [1.29, 1.82) is 5.26 Å². The third-order valence-corrected chi connectivity index (χ3v) is 7.47. The van der Waals surface area contributed by atoms with Crippen molar-refractivity contribution >= 4 is 39.2 Å². The molecule has 0 N–H and O–H groups in total. The fourth-order valence-electron chi connectivity index (χ4n) is 3.71. The number of nitrogens with zero attached hydrogens (tertiary/aromatic N) is 4. The number of nitriles is 1. The second-order valence-electron chi connectivity index (χ2n) is 7.39. The van der Waals surface area contributed by atoms with Gasteiger partial charge in [-0.2, -0.15) is 5.26 Å². The Balaban J connectivity index is 1.79. The average molecular weight is 457 g/mol. The van der Waals surface area contributed by atoms with Crippen LogP contribution in [0.5, 0.6) is 0 Å². The Bertz CT molecular complexity index is 1240. The van der Waals surface area contributed by atoms with Gasteiger partial charge in [-0.1, -0.05) is 23.9 Å². The molecule has 4 rings (SSSR count). The molecule has 2 heterocycles. The number of carbonyl (C=O) groups is 1. The van der Waals surface area contributed by atoms with E-state index in [4.69, 9.17) is 10.2 Å². The Hall–Kier alpha value is -2.70. The molecule has 0 spiro atoms. The minimum atomic E-state index is -0.519. The fourth-order valence-corrected chi connectivity index (χ4v) is 5.96. The van der Waals surface area contributed by atoms with Gasteiger partial charge in [0.05, 0.1) is 29.3 Å². The molecule has 0 saturated heterocycles. The van der Waals surface area contributed by atoms with Gasteiger partial charge in [-0.05, 0) is 43.4 Å². The summed E-state index contributed by atoms with van der Waals surface area (Å²) < 4.78 is 16.0. The van der Waals surface area contributed by atoms with E-state index >= 15 is 0 Å². The summed E-state index contributed by atoms with van der Waals surface area (Å²) in [6.45, 7) is 0.333. The number of thiophene rings is 1. The van der Waals surface area contributed by atoms with Gasteiger partial charge in [0.25, 0.3) is 5.56 Å². The Morgan fingerprint density at radius 3 is 2.90 bits per heavy atom. The van der Waals surface area contributed by atoms with Gasteiger partial charge in [-0.25, -0.2) is 9.37 Å². The van der Waals surface area contributed by atoms with Crippen LogP contribution in [0.25, 0.3) is 15.9 Å². The molecule has 1 aliphatic rings. The second-order valence-corrected chi connectivity index (χ2v) is 9.42. The van der Waals surface area contributed by atoms with Gasteiger partial charge in [0.2, 0.25) is 5.91 Å². The Kier molecular flexibility index (Phi) is 6.39. The number of aromatic nitrogens is 2. The van der Waals surface area contributed by atoms with Crippen LogP contribution in [0.15, 0.2) is 34.2 Å². The zero-order chi connectivity index (χ0) is 22.0. The Morgan fingerprint density at radius 1 is 1.35 bits per heavy atom. The van der Waals surface area contributed by atoms with E-state index in [2.05, 4.69) is 0 Å². The van der Waals surface area contributed by atoms with E-state index in [-0.39, 0.29) is 29.3 Å². The molecular weight excluding hydrogens is 435 g/mol. The van der Waals surface area contributed by atoms with E-state index in [0.29, 0.717) is 21.9 Å². The summed E-state index contributed by atoms with van der Waals surface area (Å²) in [6.07, 6.45) is 4.13. The Morgan fingerprint density at radius 2 is 2.13 bits per heavy atom. The standard InChI is InChI=1S/C22H21FN4O2S2/c1-26(12-6-11-24)18(28)13-30-22-25-20-19(14-7-2-5-10-17(14)31-20)21(29)27(22)16-9-4-3-8-15(16)23/h3-4,8-9H,2,5-7,10,12-13H2,1H3. The quantitative estimate of drug-likeness (QED) is 0.415. The van der Waals surface area contributed by atoms with Crippen LogP contribution >= 0.6 is 23.1 Å². The van der Waals surface area contributed by atoms with Crippen molar-refractivity contribution in [2.75, 3.05) is 19.3 Å². The van der Waals surface area contributed by atoms with Crippen LogP contribution in [0, 0.1) is 17.1 Å². The molecule has 2 aromatic heterocycles. The molecule has 0 fully saturated rings. The lowest BCUT2D eigenvalue weighted by Crippen LogP contribution is -2.29. The SMILES string of the molecule is CN(CCC#N)C(=O)CSc1nc2sc3c(c2c(=O)n1-c1ccccc1F)CCCC3. The third-order valence-electron chi connectivity index (χ3n) is 5.36. The van der Waals surface area contributed by atoms with Crippen LogP contribution < -0.4 is 5.56 Å². The predicted octanol–water partition coefficient (Wildman–Crippen LogP) is 3.93. The summed E-state index contributed by atoms with van der Waals surface area (Å²) in [4.78, 5) is 34.0. The van der Waals surface area contributed by atoms with Crippen LogP contribution in [0.4, 0.5) is 4.39 Å². The van der Waals surface area contributed by atoms with Crippen LogP contribution in [0.2, 0.25) is 0 Å². The van der Waals surface area contributed by atoms with E-state index in [1.54, 1.807) is 25.2 Å². The molecule has 3 aromatic rings. The van der Waals surface area contributed by atoms with E-state index in [1.807, 2.05) is 6.07 Å². The monoisotopic (exact) mass is 456 g/mol. The molecule has 0 bridgehead atoms. The zero-order valence-electron chi connectivity index (χ0n) is 17.1. The van der Waals surface area contributed by atoms with Crippen LogP contribution in [0.1, 0.15) is 29.7 Å². The highest BCUT2D eigenvalue weighted by atomic mass is 32.2. The lowest BCUT2D eigenvalue weighted by molar-refractivity contribution is -0.127. The maximum atomic E-state index is 14.7. The molecule has 0 aliphatic heterocycles. The van der Waals surface area contributed by atoms with Gasteiger partial charge in [0.15, 0.2) is 5.16 Å². The van der Waals surface area contributed by atoms with E-state index < -0.39 is 5.82 Å². The number of hydrogen-bond acceptors (Lipinski definition) is 6. The molecule has 9 heteroatoms. The van der Waals surface area contributed by atoms with E-state index in [9.17, 15) is 14.0 Å². The first-order chi connectivity index (χ1) is 15.0. The zero-order valence-corrected chi connectivity index (χ0v) is 18.7. The van der Waals surface area contributed by atoms with Gasteiger partial charge in [0.1, 0.15) is 10.6 Å². The summed E-state index contributed by atoms with van der Waals surface area (Å²) in [5.74, 6) is -0.659. The largest absolute Gasteiger partial charge is 0.344 e. The number of thioether (sulfide) groups is 1. The van der Waals surface area contributed by atoms with Crippen LogP contribution in [-0.4, -0.2) is 39.7 Å². The molecule has 1 amide bonds. The topological polar surface area (TPSA) is 79.0 Å². The van der Waals surface area contributed by atoms with E-state index in [0.717, 1.165) is 43.0 Å². The number of halogens is 1. The second kappa shape index (κ2) is 9.20. The number of carbonyl (C=O) groups excluding carboxylic acids is 1. The van der Waals surface area contributed by atoms with Crippen molar-refractivity contribution in [3.8, 4) is 11.8 Å². The first-order valence-electron chi connectivity index (χ1n) is 10.1. The molecule has 0 radical (unpaired) electrons. The smallest absolute Gasteiger partial charge is 0.267 e. The summed E-state index contributed by atoms with van der Waals surface area (Å²) in [6, 6.07) is 8.12. The first-order valence-corrected chi connectivity index (χ1v) is 11.9. The first kappa shape index (κ1) is 21.5. The maximum Gasteiger partial charge on any atom is 0.267 e. The molecule has 1 aromatic carbocycles. The molecule has 0 saturated carbocycles. The number of fused-ring (bicyclic) bond motifs is 3. The number of amides is 1. The molecule has 0 unspecified atom stereocenters. The summed E-state index contributed by atoms with van der Waals surface area (Å²) in [7, 11) is 1.63. The maximum absolute atomic E-state index is 14.7. The van der Waals surface area contributed by atoms with Gasteiger partial charge in [-0.3, -0.25) is 14.2 Å². The van der Waals surface area contributed by atoms with Gasteiger partial charge >= 0.3 is 0 Å². The molecular formula is C22H21FN4O2S2. The van der Waals surface area contributed by atoms with E-state index in [1.165, 1.54) is 31.7 Å². The minimum absolute atomic E-state index is 0.0411. The predicted molar refractivity (Wildman–Crippen MR) is 120 cm³/mol. The van der Waals surface area contributed by atoms with Crippen molar-refractivity contribution in [3.05, 3.63) is 50.9 Å². The molecule has 6 nitrogen and oxygen atoms in total. The van der Waals surface area contributed by atoms with Gasteiger partial charge in [-0.15, -0.1) is 11.3 Å². The van der Waals surface area contributed by atoms with Crippen molar-refractivity contribution in [2.45, 2.75) is 37.3 Å². The number of aryl methyl sites for hydroxylation is 2. The van der Waals surface area contributed by atoms with Crippen molar-refractivity contribution in [3.63, 3.8) is 0 Å². The molecule has 160 valence electrons. The summed E-state index contributed by atoms with van der Waals surface area (Å²) >= 11 is 2.64. The number of hydrogen-bond donors (Lipinski definition) is 0. The number of para-hydroxylation sites is 1. The van der Waals surface area contributed by atoms with Gasteiger partial charge in [0, 0.05) is 18.5 Å². The van der Waals surface area contributed by atoms with Crippen molar-refractivity contribution in [2.24, 2.45) is 0 Å². The molecule has 0 atom stereocenters. The van der Waals surface area contributed by atoms with Gasteiger partial charge < -0.3 is 4.90 Å². The molecule has 31 heavy (non-hydrogen) atoms. The van der Waals surface area contributed by atoms with Crippen LogP contribution in [-0.2, 0) is 17.6 Å². The van der Waals surface area contributed by atoms with Crippen molar-refractivity contribution in [1.82, 2.24) is 14.5 Å². The highest BCUT2D eigenvalue weighted by Crippen LogP contribution is 2.35. The highest BCUT2D eigenvalue weighted by Gasteiger charge is 2.24. The van der Waals surface area contributed by atoms with Crippen LogP contribution in [0.3, 0.4) is 0 Å². The Labute approximate surface area is 187 Å². The highest BCUT2D eigenvalue weighted by molar-refractivity contribution is 7.99. The summed E-state index contributed by atoms with van der Waals surface area (Å²) in [5, 5.41) is 9.59. The van der Waals surface area contributed by atoms with Crippen molar-refractivity contribution < 1.29 is 9.18 Å². The number of rotatable bonds is 6. The normalized spacial score (nSPS) is 13.1. The lowest BCUT2D eigenvalue weighted by Gasteiger charge is -2.17. The molecule has 1 aliphatic carbocycles. The fraction of sp³-hybridized carbons (Fsp3) is 0.364. The third kappa shape index (κ3) is 4.23. The number of benzene rings is 1.